The Bertz CT molecular complexity index is 482. The Morgan fingerprint density at radius 1 is 1.53 bits per heavy atom. The van der Waals surface area contributed by atoms with Crippen molar-refractivity contribution in [3.63, 3.8) is 0 Å². The largest absolute Gasteiger partial charge is 0.355 e. The van der Waals surface area contributed by atoms with Crippen LogP contribution in [0.1, 0.15) is 31.4 Å². The predicted octanol–water partition coefficient (Wildman–Crippen LogP) is 1.70. The van der Waals surface area contributed by atoms with Gasteiger partial charge in [0.2, 0.25) is 5.91 Å². The van der Waals surface area contributed by atoms with Crippen LogP contribution in [0, 0.1) is 17.1 Å². The van der Waals surface area contributed by atoms with E-state index in [9.17, 15) is 9.18 Å². The van der Waals surface area contributed by atoms with E-state index in [2.05, 4.69) is 10.6 Å². The third-order valence-electron chi connectivity index (χ3n) is 2.72. The predicted molar refractivity (Wildman–Crippen MR) is 70.7 cm³/mol. The van der Waals surface area contributed by atoms with E-state index in [4.69, 9.17) is 5.26 Å². The highest BCUT2D eigenvalue weighted by Gasteiger charge is 2.12. The van der Waals surface area contributed by atoms with Crippen molar-refractivity contribution < 1.29 is 9.18 Å². The molecule has 1 amide bonds. The number of carbonyl (C=O) groups is 1. The lowest BCUT2D eigenvalue weighted by Crippen LogP contribution is -2.42. The summed E-state index contributed by atoms with van der Waals surface area (Å²) in [6.07, 6.45) is 0.878. The van der Waals surface area contributed by atoms with E-state index in [0.717, 1.165) is 6.42 Å². The van der Waals surface area contributed by atoms with E-state index in [1.54, 1.807) is 19.1 Å². The van der Waals surface area contributed by atoms with E-state index >= 15 is 0 Å². The maximum absolute atomic E-state index is 13.6. The zero-order valence-electron chi connectivity index (χ0n) is 11.2. The molecule has 0 aliphatic rings. The van der Waals surface area contributed by atoms with Crippen molar-refractivity contribution >= 4 is 5.91 Å². The van der Waals surface area contributed by atoms with Crippen molar-refractivity contribution in [1.29, 1.82) is 5.26 Å². The van der Waals surface area contributed by atoms with Gasteiger partial charge in [-0.2, -0.15) is 5.26 Å². The molecule has 0 heterocycles. The molecule has 0 radical (unpaired) electrons. The molecule has 1 rings (SSSR count). The Hall–Kier alpha value is -1.93. The molecule has 5 heteroatoms. The molecule has 0 aromatic heterocycles. The Labute approximate surface area is 112 Å². The Balaban J connectivity index is 2.53. The van der Waals surface area contributed by atoms with Crippen molar-refractivity contribution in [3.05, 3.63) is 35.1 Å². The molecule has 1 aromatic carbocycles. The summed E-state index contributed by atoms with van der Waals surface area (Å²) < 4.78 is 13.6. The van der Waals surface area contributed by atoms with Crippen LogP contribution in [0.25, 0.3) is 0 Å². The van der Waals surface area contributed by atoms with Gasteiger partial charge >= 0.3 is 0 Å². The smallest absolute Gasteiger partial charge is 0.236 e. The van der Waals surface area contributed by atoms with Crippen LogP contribution in [-0.4, -0.2) is 18.5 Å². The van der Waals surface area contributed by atoms with Crippen molar-refractivity contribution in [2.75, 3.05) is 6.54 Å². The molecular weight excluding hydrogens is 245 g/mol. The third kappa shape index (κ3) is 4.68. The summed E-state index contributed by atoms with van der Waals surface area (Å²) >= 11 is 0. The first-order chi connectivity index (χ1) is 9.08. The van der Waals surface area contributed by atoms with Gasteiger partial charge in [-0.3, -0.25) is 4.79 Å². The fourth-order valence-corrected chi connectivity index (χ4v) is 1.52. The van der Waals surface area contributed by atoms with Gasteiger partial charge in [-0.1, -0.05) is 13.0 Å². The van der Waals surface area contributed by atoms with Crippen LogP contribution in [0.5, 0.6) is 0 Å². The van der Waals surface area contributed by atoms with Gasteiger partial charge in [0.25, 0.3) is 0 Å². The Morgan fingerprint density at radius 2 is 2.26 bits per heavy atom. The molecule has 0 saturated heterocycles. The molecule has 1 unspecified atom stereocenters. The number of nitriles is 1. The molecule has 102 valence electrons. The molecule has 2 N–H and O–H groups in total. The van der Waals surface area contributed by atoms with E-state index < -0.39 is 5.82 Å². The molecule has 0 saturated carbocycles. The summed E-state index contributed by atoms with van der Waals surface area (Å²) in [4.78, 5) is 11.6. The van der Waals surface area contributed by atoms with E-state index in [1.165, 1.54) is 6.07 Å². The number of nitrogens with one attached hydrogen (secondary N) is 2. The molecule has 4 nitrogen and oxygen atoms in total. The lowest BCUT2D eigenvalue weighted by atomic mass is 10.1. The van der Waals surface area contributed by atoms with Crippen LogP contribution in [-0.2, 0) is 11.3 Å². The second-order valence-corrected chi connectivity index (χ2v) is 4.31. The maximum Gasteiger partial charge on any atom is 0.236 e. The minimum absolute atomic E-state index is 0.101. The molecule has 0 aliphatic carbocycles. The fourth-order valence-electron chi connectivity index (χ4n) is 1.52. The lowest BCUT2D eigenvalue weighted by molar-refractivity contribution is -0.122. The Kier molecular flexibility index (Phi) is 5.97. The summed E-state index contributed by atoms with van der Waals surface area (Å²) in [6, 6.07) is 5.79. The molecule has 0 aliphatic heterocycles. The second-order valence-electron chi connectivity index (χ2n) is 4.31. The molecule has 0 fully saturated rings. The van der Waals surface area contributed by atoms with Gasteiger partial charge in [0, 0.05) is 18.7 Å². The minimum atomic E-state index is -0.437. The zero-order chi connectivity index (χ0) is 14.3. The van der Waals surface area contributed by atoms with Gasteiger partial charge in [0.05, 0.1) is 17.7 Å². The van der Waals surface area contributed by atoms with Gasteiger partial charge in [-0.05, 0) is 25.5 Å². The third-order valence-corrected chi connectivity index (χ3v) is 2.72. The van der Waals surface area contributed by atoms with E-state index in [-0.39, 0.29) is 24.1 Å². The number of hydrogen-bond acceptors (Lipinski definition) is 3. The summed E-state index contributed by atoms with van der Waals surface area (Å²) in [5.41, 5.74) is 0.726. The molecule has 0 spiro atoms. The fraction of sp³-hybridized carbons (Fsp3) is 0.429. The topological polar surface area (TPSA) is 64.9 Å². The first kappa shape index (κ1) is 15.1. The van der Waals surface area contributed by atoms with Crippen LogP contribution in [0.2, 0.25) is 0 Å². The van der Waals surface area contributed by atoms with Gasteiger partial charge in [0.15, 0.2) is 0 Å². The maximum atomic E-state index is 13.6. The van der Waals surface area contributed by atoms with Gasteiger partial charge < -0.3 is 10.6 Å². The first-order valence-electron chi connectivity index (χ1n) is 6.28. The molecule has 19 heavy (non-hydrogen) atoms. The van der Waals surface area contributed by atoms with Gasteiger partial charge in [-0.15, -0.1) is 0 Å². The Morgan fingerprint density at radius 3 is 2.84 bits per heavy atom. The van der Waals surface area contributed by atoms with E-state index in [1.807, 2.05) is 13.0 Å². The highest BCUT2D eigenvalue weighted by molar-refractivity contribution is 5.81. The minimum Gasteiger partial charge on any atom is -0.355 e. The van der Waals surface area contributed by atoms with Crippen molar-refractivity contribution in [3.8, 4) is 6.07 Å². The average Bonchev–Trinajstić information content (AvgIpc) is 2.42. The first-order valence-corrected chi connectivity index (χ1v) is 6.28. The molecule has 1 atom stereocenters. The van der Waals surface area contributed by atoms with Crippen LogP contribution < -0.4 is 10.6 Å². The van der Waals surface area contributed by atoms with Crippen LogP contribution in [0.3, 0.4) is 0 Å². The van der Waals surface area contributed by atoms with Crippen molar-refractivity contribution in [2.45, 2.75) is 32.9 Å². The highest BCUT2D eigenvalue weighted by Crippen LogP contribution is 2.09. The molecule has 0 bridgehead atoms. The van der Waals surface area contributed by atoms with Crippen LogP contribution in [0.4, 0.5) is 4.39 Å². The van der Waals surface area contributed by atoms with Crippen LogP contribution >= 0.6 is 0 Å². The van der Waals surface area contributed by atoms with E-state index in [0.29, 0.717) is 12.1 Å². The number of amides is 1. The molecular formula is C14H18FN3O. The number of carbonyl (C=O) groups excluding carboxylic acids is 1. The average molecular weight is 263 g/mol. The number of hydrogen-bond donors (Lipinski definition) is 2. The van der Waals surface area contributed by atoms with Gasteiger partial charge in [-0.25, -0.2) is 4.39 Å². The number of halogens is 1. The lowest BCUT2D eigenvalue weighted by Gasteiger charge is -2.14. The van der Waals surface area contributed by atoms with Crippen molar-refractivity contribution in [1.82, 2.24) is 10.6 Å². The summed E-state index contributed by atoms with van der Waals surface area (Å²) in [5, 5.41) is 14.4. The summed E-state index contributed by atoms with van der Waals surface area (Å²) in [6.45, 7) is 4.59. The zero-order valence-corrected chi connectivity index (χ0v) is 11.2. The second kappa shape index (κ2) is 7.49. The number of nitrogens with zero attached hydrogens (tertiary/aromatic N) is 1. The molecule has 1 aromatic rings. The summed E-state index contributed by atoms with van der Waals surface area (Å²) in [7, 11) is 0. The standard InChI is InChI=1S/C14H18FN3O/c1-3-6-17-14(19)10(2)18-9-12-5-4-11(8-16)7-13(12)15/h4-5,7,10,18H,3,6,9H2,1-2H3,(H,17,19). The van der Waals surface area contributed by atoms with Crippen molar-refractivity contribution in [2.24, 2.45) is 0 Å². The van der Waals surface area contributed by atoms with Gasteiger partial charge in [0.1, 0.15) is 5.82 Å². The SMILES string of the molecule is CCCNC(=O)C(C)NCc1ccc(C#N)cc1F. The number of rotatable bonds is 6. The van der Waals surface area contributed by atoms with Crippen LogP contribution in [0.15, 0.2) is 18.2 Å². The monoisotopic (exact) mass is 263 g/mol. The highest BCUT2D eigenvalue weighted by atomic mass is 19.1. The quantitative estimate of drug-likeness (QED) is 0.821. The number of benzene rings is 1. The summed E-state index contributed by atoms with van der Waals surface area (Å²) in [5.74, 6) is -0.538. The normalized spacial score (nSPS) is 11.7.